The summed E-state index contributed by atoms with van der Waals surface area (Å²) in [6.07, 6.45) is 2.55. The molecule has 2 N–H and O–H groups in total. The maximum atomic E-state index is 12.7. The summed E-state index contributed by atoms with van der Waals surface area (Å²) in [5.41, 5.74) is 0.841. The van der Waals surface area contributed by atoms with Gasteiger partial charge in [-0.2, -0.15) is 8.78 Å². The Morgan fingerprint density at radius 2 is 2.04 bits per heavy atom. The van der Waals surface area contributed by atoms with Crippen molar-refractivity contribution in [2.45, 2.75) is 19.6 Å². The Morgan fingerprint density at radius 1 is 1.30 bits per heavy atom. The van der Waals surface area contributed by atoms with Crippen molar-refractivity contribution in [2.75, 3.05) is 7.05 Å². The van der Waals surface area contributed by atoms with Gasteiger partial charge in [0, 0.05) is 36.0 Å². The summed E-state index contributed by atoms with van der Waals surface area (Å²) in [7, 11) is 1.58. The number of imidazole rings is 1. The monoisotopic (exact) mass is 361 g/mol. The summed E-state index contributed by atoms with van der Waals surface area (Å²) in [6.45, 7) is -2.10. The number of nitrogens with one attached hydrogen (secondary N) is 2. The van der Waals surface area contributed by atoms with Crippen molar-refractivity contribution in [1.29, 1.82) is 0 Å². The number of rotatable bonds is 5. The van der Waals surface area contributed by atoms with E-state index >= 15 is 0 Å². The second-order valence-corrected chi connectivity index (χ2v) is 5.39. The second-order valence-electron chi connectivity index (χ2n) is 4.54. The quantitative estimate of drug-likeness (QED) is 0.633. The third-order valence-electron chi connectivity index (χ3n) is 3.06. The van der Waals surface area contributed by atoms with Crippen LogP contribution in [-0.4, -0.2) is 22.6 Å². The third-order valence-corrected chi connectivity index (χ3v) is 3.65. The standard InChI is InChI=1S/C14H15Cl2F2N5/c1-19-14(21-7-9-2-3-10(15)6-11(9)16)22-8-12-20-4-5-23(12)13(17)18/h2-6,13H,7-8H2,1H3,(H2,19,21,22). The summed E-state index contributed by atoms with van der Waals surface area (Å²) >= 11 is 11.9. The van der Waals surface area contributed by atoms with Gasteiger partial charge in [-0.15, -0.1) is 0 Å². The summed E-state index contributed by atoms with van der Waals surface area (Å²) in [6, 6.07) is 5.18. The second kappa shape index (κ2) is 8.12. The topological polar surface area (TPSA) is 54.2 Å². The fraction of sp³-hybridized carbons (Fsp3) is 0.286. The average molecular weight is 362 g/mol. The highest BCUT2D eigenvalue weighted by Gasteiger charge is 2.11. The van der Waals surface area contributed by atoms with Crippen molar-refractivity contribution in [3.63, 3.8) is 0 Å². The van der Waals surface area contributed by atoms with Crippen LogP contribution in [0.15, 0.2) is 35.6 Å². The van der Waals surface area contributed by atoms with Gasteiger partial charge in [-0.25, -0.2) is 4.98 Å². The Morgan fingerprint density at radius 3 is 2.70 bits per heavy atom. The van der Waals surface area contributed by atoms with E-state index in [1.807, 2.05) is 0 Å². The highest BCUT2D eigenvalue weighted by atomic mass is 35.5. The van der Waals surface area contributed by atoms with E-state index < -0.39 is 6.55 Å². The number of aliphatic imine (C=N–C) groups is 1. The highest BCUT2D eigenvalue weighted by molar-refractivity contribution is 6.35. The summed E-state index contributed by atoms with van der Waals surface area (Å²) in [5.74, 6) is 0.660. The maximum Gasteiger partial charge on any atom is 0.319 e. The van der Waals surface area contributed by atoms with E-state index in [0.717, 1.165) is 10.1 Å². The molecule has 0 fully saturated rings. The highest BCUT2D eigenvalue weighted by Crippen LogP contribution is 2.20. The lowest BCUT2D eigenvalue weighted by Gasteiger charge is -2.13. The molecule has 1 heterocycles. The number of halogens is 4. The molecule has 5 nitrogen and oxygen atoms in total. The lowest BCUT2D eigenvalue weighted by Crippen LogP contribution is -2.37. The van der Waals surface area contributed by atoms with Gasteiger partial charge in [-0.3, -0.25) is 9.56 Å². The molecule has 0 atom stereocenters. The van der Waals surface area contributed by atoms with Crippen molar-refractivity contribution in [3.05, 3.63) is 52.0 Å². The van der Waals surface area contributed by atoms with E-state index in [4.69, 9.17) is 23.2 Å². The lowest BCUT2D eigenvalue weighted by molar-refractivity contribution is 0.0668. The van der Waals surface area contributed by atoms with Crippen LogP contribution >= 0.6 is 23.2 Å². The molecule has 0 spiro atoms. The summed E-state index contributed by atoms with van der Waals surface area (Å²) in [5, 5.41) is 7.06. The molecule has 0 aliphatic heterocycles. The molecule has 0 unspecified atom stereocenters. The number of hydrogen-bond acceptors (Lipinski definition) is 2. The molecule has 2 rings (SSSR count). The zero-order valence-corrected chi connectivity index (χ0v) is 13.7. The number of alkyl halides is 2. The molecular formula is C14H15Cl2F2N5. The normalized spacial score (nSPS) is 11.8. The largest absolute Gasteiger partial charge is 0.352 e. The first-order chi connectivity index (χ1) is 11.0. The first-order valence-electron chi connectivity index (χ1n) is 6.69. The summed E-state index contributed by atoms with van der Waals surface area (Å²) < 4.78 is 26.3. The van der Waals surface area contributed by atoms with Crippen LogP contribution in [0.25, 0.3) is 0 Å². The SMILES string of the molecule is CN=C(NCc1ccc(Cl)cc1Cl)NCc1nccn1C(F)F. The number of guanidine groups is 1. The minimum atomic E-state index is -2.63. The van der Waals surface area contributed by atoms with Crippen molar-refractivity contribution < 1.29 is 8.78 Å². The van der Waals surface area contributed by atoms with E-state index in [1.165, 1.54) is 12.4 Å². The third kappa shape index (κ3) is 4.80. The number of aromatic nitrogens is 2. The van der Waals surface area contributed by atoms with Crippen LogP contribution in [0.2, 0.25) is 10.0 Å². The van der Waals surface area contributed by atoms with Crippen LogP contribution in [0.1, 0.15) is 17.9 Å². The minimum absolute atomic E-state index is 0.116. The molecule has 0 aliphatic rings. The van der Waals surface area contributed by atoms with Gasteiger partial charge in [-0.05, 0) is 17.7 Å². The van der Waals surface area contributed by atoms with E-state index in [1.54, 1.807) is 25.2 Å². The molecule has 0 saturated carbocycles. The maximum absolute atomic E-state index is 12.7. The van der Waals surface area contributed by atoms with Gasteiger partial charge in [0.15, 0.2) is 5.96 Å². The van der Waals surface area contributed by atoms with Crippen LogP contribution in [0.3, 0.4) is 0 Å². The van der Waals surface area contributed by atoms with Gasteiger partial charge >= 0.3 is 6.55 Å². The lowest BCUT2D eigenvalue weighted by atomic mass is 10.2. The van der Waals surface area contributed by atoms with E-state index in [0.29, 0.717) is 22.5 Å². The molecule has 2 aromatic rings. The summed E-state index contributed by atoms with van der Waals surface area (Å²) in [4.78, 5) is 7.91. The van der Waals surface area contributed by atoms with E-state index in [2.05, 4.69) is 20.6 Å². The molecule has 1 aromatic carbocycles. The van der Waals surface area contributed by atoms with Crippen molar-refractivity contribution in [2.24, 2.45) is 4.99 Å². The molecule has 0 radical (unpaired) electrons. The Bertz CT molecular complexity index is 688. The first kappa shape index (κ1) is 17.5. The number of benzene rings is 1. The number of hydrogen-bond donors (Lipinski definition) is 2. The van der Waals surface area contributed by atoms with Crippen LogP contribution in [0, 0.1) is 0 Å². The van der Waals surface area contributed by atoms with Crippen molar-refractivity contribution >= 4 is 29.2 Å². The average Bonchev–Trinajstić information content (AvgIpc) is 2.98. The predicted molar refractivity (Wildman–Crippen MR) is 87.0 cm³/mol. The van der Waals surface area contributed by atoms with Crippen LogP contribution < -0.4 is 10.6 Å². The van der Waals surface area contributed by atoms with Gasteiger partial charge < -0.3 is 10.6 Å². The molecule has 23 heavy (non-hydrogen) atoms. The minimum Gasteiger partial charge on any atom is -0.352 e. The van der Waals surface area contributed by atoms with E-state index in [-0.39, 0.29) is 12.4 Å². The van der Waals surface area contributed by atoms with Gasteiger partial charge in [0.2, 0.25) is 0 Å². The zero-order chi connectivity index (χ0) is 16.8. The molecule has 0 saturated heterocycles. The van der Waals surface area contributed by atoms with Crippen molar-refractivity contribution in [1.82, 2.24) is 20.2 Å². The molecular weight excluding hydrogens is 347 g/mol. The number of nitrogens with zero attached hydrogens (tertiary/aromatic N) is 3. The van der Waals surface area contributed by atoms with Gasteiger partial charge in [0.25, 0.3) is 0 Å². The Balaban J connectivity index is 1.92. The first-order valence-corrected chi connectivity index (χ1v) is 7.45. The van der Waals surface area contributed by atoms with Gasteiger partial charge in [0.05, 0.1) is 6.54 Å². The Kier molecular flexibility index (Phi) is 6.18. The van der Waals surface area contributed by atoms with Gasteiger partial charge in [-0.1, -0.05) is 29.3 Å². The smallest absolute Gasteiger partial charge is 0.319 e. The molecule has 124 valence electrons. The molecule has 0 aliphatic carbocycles. The Hall–Kier alpha value is -1.86. The van der Waals surface area contributed by atoms with Gasteiger partial charge in [0.1, 0.15) is 5.82 Å². The van der Waals surface area contributed by atoms with Crippen LogP contribution in [0.4, 0.5) is 8.78 Å². The van der Waals surface area contributed by atoms with Crippen molar-refractivity contribution in [3.8, 4) is 0 Å². The molecule has 1 aromatic heterocycles. The molecule has 9 heteroatoms. The predicted octanol–water partition coefficient (Wildman–Crippen LogP) is 3.45. The fourth-order valence-electron chi connectivity index (χ4n) is 1.89. The van der Waals surface area contributed by atoms with E-state index in [9.17, 15) is 8.78 Å². The molecule has 0 amide bonds. The zero-order valence-electron chi connectivity index (χ0n) is 12.2. The van der Waals surface area contributed by atoms with Crippen LogP contribution in [0.5, 0.6) is 0 Å². The Labute approximate surface area is 142 Å². The van der Waals surface area contributed by atoms with Crippen LogP contribution in [-0.2, 0) is 13.1 Å². The fourth-order valence-corrected chi connectivity index (χ4v) is 2.36. The molecule has 0 bridgehead atoms.